The maximum absolute atomic E-state index is 12.3. The molecule has 1 heterocycles. The highest BCUT2D eigenvalue weighted by Gasteiger charge is 2.21. The van der Waals surface area contributed by atoms with Gasteiger partial charge in [-0.05, 0) is 37.7 Å². The zero-order valence-electron chi connectivity index (χ0n) is 11.9. The van der Waals surface area contributed by atoms with Crippen LogP contribution >= 0.6 is 12.2 Å². The Hall–Kier alpha value is -1.51. The van der Waals surface area contributed by atoms with Crippen molar-refractivity contribution in [2.45, 2.75) is 37.8 Å². The molecule has 0 saturated heterocycles. The third kappa shape index (κ3) is 3.58. The fourth-order valence-electron chi connectivity index (χ4n) is 2.05. The number of nitrogens with zero attached hydrogens (tertiary/aromatic N) is 2. The molecule has 8 heteroatoms. The minimum Gasteiger partial charge on any atom is -0.303 e. The fourth-order valence-corrected chi connectivity index (χ4v) is 3.51. The number of aromatic nitrogens is 3. The summed E-state index contributed by atoms with van der Waals surface area (Å²) in [5.74, 6) is 0.585. The lowest BCUT2D eigenvalue weighted by Gasteiger charge is -2.14. The van der Waals surface area contributed by atoms with Crippen molar-refractivity contribution in [1.82, 2.24) is 19.5 Å². The summed E-state index contributed by atoms with van der Waals surface area (Å²) in [6.45, 7) is 4.47. The highest BCUT2D eigenvalue weighted by molar-refractivity contribution is 7.89. The van der Waals surface area contributed by atoms with Crippen LogP contribution in [0.15, 0.2) is 35.2 Å². The van der Waals surface area contributed by atoms with Gasteiger partial charge in [0, 0.05) is 6.54 Å². The lowest BCUT2D eigenvalue weighted by Crippen LogP contribution is -2.29. The van der Waals surface area contributed by atoms with Crippen molar-refractivity contribution in [3.8, 4) is 0 Å². The molecule has 1 atom stereocenters. The summed E-state index contributed by atoms with van der Waals surface area (Å²) < 4.78 is 29.5. The molecule has 21 heavy (non-hydrogen) atoms. The zero-order chi connectivity index (χ0) is 15.5. The van der Waals surface area contributed by atoms with Gasteiger partial charge in [-0.3, -0.25) is 5.10 Å². The quantitative estimate of drug-likeness (QED) is 0.799. The maximum Gasteiger partial charge on any atom is 0.241 e. The van der Waals surface area contributed by atoms with E-state index in [2.05, 4.69) is 14.9 Å². The Labute approximate surface area is 129 Å². The van der Waals surface area contributed by atoms with E-state index in [9.17, 15) is 8.42 Å². The fraction of sp³-hybridized carbons (Fsp3) is 0.385. The smallest absolute Gasteiger partial charge is 0.241 e. The SMILES string of the molecule is CCCn1c([C@H](C)NS(=O)(=O)c2ccccc2)n[nH]c1=S. The lowest BCUT2D eigenvalue weighted by atomic mass is 10.3. The van der Waals surface area contributed by atoms with Gasteiger partial charge >= 0.3 is 0 Å². The Balaban J connectivity index is 2.26. The second-order valence-electron chi connectivity index (χ2n) is 4.69. The van der Waals surface area contributed by atoms with Gasteiger partial charge in [-0.1, -0.05) is 25.1 Å². The molecule has 1 aromatic carbocycles. The van der Waals surface area contributed by atoms with Crippen LogP contribution in [0.3, 0.4) is 0 Å². The second kappa shape index (κ2) is 6.50. The minimum absolute atomic E-state index is 0.230. The number of H-pyrrole nitrogens is 1. The van der Waals surface area contributed by atoms with Crippen LogP contribution in [0.2, 0.25) is 0 Å². The van der Waals surface area contributed by atoms with Crippen molar-refractivity contribution in [1.29, 1.82) is 0 Å². The molecule has 0 saturated carbocycles. The van der Waals surface area contributed by atoms with Crippen LogP contribution in [0.4, 0.5) is 0 Å². The van der Waals surface area contributed by atoms with Gasteiger partial charge in [0.1, 0.15) is 5.82 Å². The van der Waals surface area contributed by atoms with E-state index in [1.165, 1.54) is 0 Å². The summed E-state index contributed by atoms with van der Waals surface area (Å²) in [7, 11) is -3.58. The number of hydrogen-bond donors (Lipinski definition) is 2. The Morgan fingerprint density at radius 1 is 1.38 bits per heavy atom. The molecule has 2 rings (SSSR count). The van der Waals surface area contributed by atoms with Crippen LogP contribution in [-0.2, 0) is 16.6 Å². The molecule has 0 spiro atoms. The Morgan fingerprint density at radius 2 is 2.05 bits per heavy atom. The number of benzene rings is 1. The average Bonchev–Trinajstić information content (AvgIpc) is 2.81. The van der Waals surface area contributed by atoms with Gasteiger partial charge in [0.2, 0.25) is 10.0 Å². The third-order valence-corrected chi connectivity index (χ3v) is 4.88. The predicted molar refractivity (Wildman–Crippen MR) is 82.9 cm³/mol. The highest BCUT2D eigenvalue weighted by Crippen LogP contribution is 2.15. The van der Waals surface area contributed by atoms with E-state index in [0.29, 0.717) is 17.1 Å². The second-order valence-corrected chi connectivity index (χ2v) is 6.80. The number of nitrogens with one attached hydrogen (secondary N) is 2. The normalized spacial score (nSPS) is 13.2. The first-order valence-electron chi connectivity index (χ1n) is 6.68. The molecular formula is C13H18N4O2S2. The Kier molecular flexibility index (Phi) is 4.92. The van der Waals surface area contributed by atoms with Crippen LogP contribution in [0, 0.1) is 4.77 Å². The van der Waals surface area contributed by atoms with Crippen molar-refractivity contribution < 1.29 is 8.42 Å². The van der Waals surface area contributed by atoms with Gasteiger partial charge in [0.05, 0.1) is 10.9 Å². The van der Waals surface area contributed by atoms with Gasteiger partial charge in [-0.15, -0.1) is 0 Å². The summed E-state index contributed by atoms with van der Waals surface area (Å²) >= 11 is 5.16. The number of rotatable bonds is 6. The standard InChI is InChI=1S/C13H18N4O2S2/c1-3-9-17-12(14-15-13(17)20)10(2)16-21(18,19)11-7-5-4-6-8-11/h4-8,10,16H,3,9H2,1-2H3,(H,15,20)/t10-/m0/s1. The minimum atomic E-state index is -3.58. The van der Waals surface area contributed by atoms with Gasteiger partial charge < -0.3 is 4.57 Å². The van der Waals surface area contributed by atoms with Crippen LogP contribution in [0.5, 0.6) is 0 Å². The first-order chi connectivity index (χ1) is 9.95. The van der Waals surface area contributed by atoms with Crippen LogP contribution in [-0.4, -0.2) is 23.2 Å². The van der Waals surface area contributed by atoms with Gasteiger partial charge in [-0.25, -0.2) is 13.1 Å². The molecule has 0 aliphatic carbocycles. The zero-order valence-corrected chi connectivity index (χ0v) is 13.5. The molecule has 0 bridgehead atoms. The van der Waals surface area contributed by atoms with Crippen molar-refractivity contribution in [2.24, 2.45) is 0 Å². The third-order valence-electron chi connectivity index (χ3n) is 3.01. The van der Waals surface area contributed by atoms with Crippen LogP contribution in [0.25, 0.3) is 0 Å². The van der Waals surface area contributed by atoms with E-state index in [-0.39, 0.29) is 4.90 Å². The summed E-state index contributed by atoms with van der Waals surface area (Å²) in [4.78, 5) is 0.230. The maximum atomic E-state index is 12.3. The summed E-state index contributed by atoms with van der Waals surface area (Å²) in [5, 5.41) is 6.84. The first-order valence-corrected chi connectivity index (χ1v) is 8.57. The van der Waals surface area contributed by atoms with Crippen LogP contribution in [0.1, 0.15) is 32.1 Å². The predicted octanol–water partition coefficient (Wildman–Crippen LogP) is 2.39. The summed E-state index contributed by atoms with van der Waals surface area (Å²) in [6, 6.07) is 7.78. The molecule has 2 aromatic rings. The van der Waals surface area contributed by atoms with E-state index in [1.54, 1.807) is 37.3 Å². The molecule has 0 unspecified atom stereocenters. The van der Waals surface area contributed by atoms with E-state index in [1.807, 2.05) is 11.5 Å². The van der Waals surface area contributed by atoms with E-state index in [0.717, 1.165) is 6.42 Å². The first kappa shape index (κ1) is 15.9. The van der Waals surface area contributed by atoms with Crippen LogP contribution < -0.4 is 4.72 Å². The molecule has 0 aliphatic rings. The average molecular weight is 326 g/mol. The Morgan fingerprint density at radius 3 is 2.67 bits per heavy atom. The highest BCUT2D eigenvalue weighted by atomic mass is 32.2. The number of sulfonamides is 1. The monoisotopic (exact) mass is 326 g/mol. The Bertz CT molecular complexity index is 750. The topological polar surface area (TPSA) is 79.8 Å². The molecule has 0 amide bonds. The summed E-state index contributed by atoms with van der Waals surface area (Å²) in [6.07, 6.45) is 0.888. The van der Waals surface area contributed by atoms with Gasteiger partial charge in [-0.2, -0.15) is 5.10 Å². The van der Waals surface area contributed by atoms with Crippen molar-refractivity contribution in [3.05, 3.63) is 40.9 Å². The molecular weight excluding hydrogens is 308 g/mol. The van der Waals surface area contributed by atoms with Gasteiger partial charge in [0.15, 0.2) is 4.77 Å². The molecule has 6 nitrogen and oxygen atoms in total. The molecule has 114 valence electrons. The van der Waals surface area contributed by atoms with E-state index in [4.69, 9.17) is 12.2 Å². The van der Waals surface area contributed by atoms with Crippen molar-refractivity contribution in [3.63, 3.8) is 0 Å². The molecule has 2 N–H and O–H groups in total. The van der Waals surface area contributed by atoms with Crippen molar-refractivity contribution in [2.75, 3.05) is 0 Å². The van der Waals surface area contributed by atoms with Crippen molar-refractivity contribution >= 4 is 22.2 Å². The summed E-state index contributed by atoms with van der Waals surface area (Å²) in [5.41, 5.74) is 0. The molecule has 0 aliphatic heterocycles. The van der Waals surface area contributed by atoms with E-state index < -0.39 is 16.1 Å². The number of aromatic amines is 1. The number of hydrogen-bond acceptors (Lipinski definition) is 4. The van der Waals surface area contributed by atoms with Gasteiger partial charge in [0.25, 0.3) is 0 Å². The lowest BCUT2D eigenvalue weighted by molar-refractivity contribution is 0.538. The molecule has 1 aromatic heterocycles. The molecule has 0 radical (unpaired) electrons. The van der Waals surface area contributed by atoms with E-state index >= 15 is 0 Å². The largest absolute Gasteiger partial charge is 0.303 e. The molecule has 0 fully saturated rings.